The van der Waals surface area contributed by atoms with Crippen LogP contribution in [0.2, 0.25) is 0 Å². The first kappa shape index (κ1) is 26.7. The minimum absolute atomic E-state index is 0.887. The van der Waals surface area contributed by atoms with Crippen LogP contribution < -0.4 is 0 Å². The van der Waals surface area contributed by atoms with Crippen LogP contribution in [0.5, 0.6) is 0 Å². The highest BCUT2D eigenvalue weighted by atomic mass is 16.3. The number of rotatable bonds is 4. The molecular weight excluding hydrogens is 585 g/mol. The van der Waals surface area contributed by atoms with Crippen LogP contribution in [0.15, 0.2) is 174 Å². The molecule has 0 aliphatic heterocycles. The average Bonchev–Trinajstić information content (AvgIpc) is 3.71. The summed E-state index contributed by atoms with van der Waals surface area (Å²) in [4.78, 5) is 5.13. The lowest BCUT2D eigenvalue weighted by molar-refractivity contribution is 0.674. The molecule has 0 saturated carbocycles. The van der Waals surface area contributed by atoms with Crippen molar-refractivity contribution < 1.29 is 4.42 Å². The number of aromatic nitrogens is 2. The van der Waals surface area contributed by atoms with Gasteiger partial charge >= 0.3 is 0 Å². The van der Waals surface area contributed by atoms with Crippen LogP contribution >= 0.6 is 0 Å². The molecule has 0 fully saturated rings. The van der Waals surface area contributed by atoms with E-state index in [2.05, 4.69) is 168 Å². The molecule has 3 heterocycles. The van der Waals surface area contributed by atoms with E-state index >= 15 is 0 Å². The molecule has 0 spiro atoms. The Hall–Kier alpha value is -6.45. The van der Waals surface area contributed by atoms with E-state index in [1.165, 1.54) is 16.5 Å². The van der Waals surface area contributed by atoms with Gasteiger partial charge in [-0.2, -0.15) is 0 Å². The topological polar surface area (TPSA) is 31.0 Å². The van der Waals surface area contributed by atoms with Crippen LogP contribution in [0, 0.1) is 0 Å². The molecule has 0 aliphatic rings. The summed E-state index contributed by atoms with van der Waals surface area (Å²) < 4.78 is 9.37. The second-order valence-electron chi connectivity index (χ2n) is 12.3. The number of nitrogens with zero attached hydrogens (tertiary/aromatic N) is 2. The number of furan rings is 1. The highest BCUT2D eigenvalue weighted by molar-refractivity contribution is 6.25. The standard InChI is InChI=1S/C45H28N2O/c1-3-12-29(13-4-1)30-22-24-31(25-23-30)40-28-38(33-16-7-9-20-39(33)46-40)35-19-11-18-34-36-26-27-42-43(45(36)48-44(34)35)37-17-8-10-21-41(37)47(42)32-14-5-2-6-15-32/h1-28H. The van der Waals surface area contributed by atoms with Crippen molar-refractivity contribution >= 4 is 54.6 Å². The molecule has 224 valence electrons. The molecule has 0 N–H and O–H groups in total. The maximum Gasteiger partial charge on any atom is 0.145 e. The zero-order valence-electron chi connectivity index (χ0n) is 26.0. The van der Waals surface area contributed by atoms with Gasteiger partial charge in [-0.15, -0.1) is 0 Å². The molecule has 10 aromatic rings. The van der Waals surface area contributed by atoms with Crippen LogP contribution in [0.25, 0.3) is 93.8 Å². The fourth-order valence-electron chi connectivity index (χ4n) is 7.39. The third kappa shape index (κ3) is 4.04. The van der Waals surface area contributed by atoms with Crippen molar-refractivity contribution in [2.45, 2.75) is 0 Å². The molecule has 10 rings (SSSR count). The van der Waals surface area contributed by atoms with E-state index < -0.39 is 0 Å². The van der Waals surface area contributed by atoms with Crippen molar-refractivity contribution in [1.29, 1.82) is 0 Å². The Morgan fingerprint density at radius 3 is 1.90 bits per heavy atom. The predicted octanol–water partition coefficient (Wildman–Crippen LogP) is 12.2. The molecule has 3 nitrogen and oxygen atoms in total. The van der Waals surface area contributed by atoms with Gasteiger partial charge in [0.25, 0.3) is 0 Å². The first-order chi connectivity index (χ1) is 23.8. The highest BCUT2D eigenvalue weighted by Gasteiger charge is 2.21. The van der Waals surface area contributed by atoms with E-state index in [4.69, 9.17) is 9.40 Å². The molecule has 0 unspecified atom stereocenters. The zero-order chi connectivity index (χ0) is 31.6. The largest absolute Gasteiger partial charge is 0.455 e. The first-order valence-corrected chi connectivity index (χ1v) is 16.3. The number of pyridine rings is 1. The van der Waals surface area contributed by atoms with E-state index in [1.807, 2.05) is 6.07 Å². The lowest BCUT2D eigenvalue weighted by atomic mass is 9.96. The molecule has 3 aromatic heterocycles. The zero-order valence-corrected chi connectivity index (χ0v) is 26.0. The maximum absolute atomic E-state index is 7.03. The second kappa shape index (κ2) is 10.5. The molecule has 48 heavy (non-hydrogen) atoms. The van der Waals surface area contributed by atoms with Crippen LogP contribution in [-0.2, 0) is 0 Å². The van der Waals surface area contributed by atoms with Crippen molar-refractivity contribution in [3.8, 4) is 39.2 Å². The number of hydrogen-bond acceptors (Lipinski definition) is 2. The summed E-state index contributed by atoms with van der Waals surface area (Å²) in [6.45, 7) is 0. The first-order valence-electron chi connectivity index (χ1n) is 16.3. The summed E-state index contributed by atoms with van der Waals surface area (Å²) >= 11 is 0. The molecule has 0 radical (unpaired) electrons. The van der Waals surface area contributed by atoms with Crippen molar-refractivity contribution in [3.05, 3.63) is 170 Å². The Bertz CT molecular complexity index is 2810. The van der Waals surface area contributed by atoms with Crippen LogP contribution in [0.4, 0.5) is 0 Å². The lowest BCUT2D eigenvalue weighted by Crippen LogP contribution is -1.92. The van der Waals surface area contributed by atoms with E-state index in [0.717, 1.165) is 77.3 Å². The monoisotopic (exact) mass is 612 g/mol. The number of benzene rings is 7. The predicted molar refractivity (Wildman–Crippen MR) is 200 cm³/mol. The normalized spacial score (nSPS) is 11.8. The van der Waals surface area contributed by atoms with Gasteiger partial charge in [-0.3, -0.25) is 0 Å². The molecular formula is C45H28N2O. The van der Waals surface area contributed by atoms with Gasteiger partial charge in [-0.1, -0.05) is 127 Å². The molecule has 0 bridgehead atoms. The maximum atomic E-state index is 7.03. The van der Waals surface area contributed by atoms with Gasteiger partial charge in [0.15, 0.2) is 0 Å². The SMILES string of the molecule is c1ccc(-c2ccc(-c3cc(-c4cccc5c4oc4c5ccc5c4c4ccccc4n5-c4ccccc4)c4ccccc4n3)cc2)cc1. The fraction of sp³-hybridized carbons (Fsp3) is 0. The highest BCUT2D eigenvalue weighted by Crippen LogP contribution is 2.44. The summed E-state index contributed by atoms with van der Waals surface area (Å²) in [5, 5.41) is 5.63. The Balaban J connectivity index is 1.21. The van der Waals surface area contributed by atoms with Gasteiger partial charge < -0.3 is 8.98 Å². The minimum Gasteiger partial charge on any atom is -0.455 e. The quantitative estimate of drug-likeness (QED) is 0.198. The minimum atomic E-state index is 0.887. The summed E-state index contributed by atoms with van der Waals surface area (Å²) in [6.07, 6.45) is 0. The van der Waals surface area contributed by atoms with Gasteiger partial charge in [0, 0.05) is 38.4 Å². The molecule has 0 saturated heterocycles. The Morgan fingerprint density at radius 1 is 0.417 bits per heavy atom. The van der Waals surface area contributed by atoms with Gasteiger partial charge in [-0.25, -0.2) is 4.98 Å². The van der Waals surface area contributed by atoms with E-state index in [1.54, 1.807) is 0 Å². The Morgan fingerprint density at radius 2 is 1.06 bits per heavy atom. The third-order valence-electron chi connectivity index (χ3n) is 9.61. The van der Waals surface area contributed by atoms with E-state index in [-0.39, 0.29) is 0 Å². The van der Waals surface area contributed by atoms with Crippen molar-refractivity contribution in [3.63, 3.8) is 0 Å². The molecule has 3 heteroatoms. The lowest BCUT2D eigenvalue weighted by Gasteiger charge is -2.11. The van der Waals surface area contributed by atoms with Crippen LogP contribution in [0.1, 0.15) is 0 Å². The summed E-state index contributed by atoms with van der Waals surface area (Å²) in [6, 6.07) is 59.9. The van der Waals surface area contributed by atoms with Gasteiger partial charge in [0.2, 0.25) is 0 Å². The Labute approximate surface area is 277 Å². The fourth-order valence-corrected chi connectivity index (χ4v) is 7.39. The number of para-hydroxylation sites is 4. The second-order valence-corrected chi connectivity index (χ2v) is 12.3. The average molecular weight is 613 g/mol. The van der Waals surface area contributed by atoms with Gasteiger partial charge in [0.05, 0.1) is 27.6 Å². The summed E-state index contributed by atoms with van der Waals surface area (Å²) in [5.74, 6) is 0. The molecule has 0 aliphatic carbocycles. The van der Waals surface area contributed by atoms with Crippen molar-refractivity contribution in [1.82, 2.24) is 9.55 Å². The van der Waals surface area contributed by atoms with Crippen LogP contribution in [-0.4, -0.2) is 9.55 Å². The third-order valence-corrected chi connectivity index (χ3v) is 9.61. The summed E-state index contributed by atoms with van der Waals surface area (Å²) in [7, 11) is 0. The Kier molecular flexibility index (Phi) is 5.87. The molecule has 0 amide bonds. The molecule has 7 aromatic carbocycles. The smallest absolute Gasteiger partial charge is 0.145 e. The molecule has 0 atom stereocenters. The van der Waals surface area contributed by atoms with Gasteiger partial charge in [0.1, 0.15) is 11.2 Å². The van der Waals surface area contributed by atoms with Crippen molar-refractivity contribution in [2.24, 2.45) is 0 Å². The van der Waals surface area contributed by atoms with E-state index in [9.17, 15) is 0 Å². The van der Waals surface area contributed by atoms with Crippen LogP contribution in [0.3, 0.4) is 0 Å². The van der Waals surface area contributed by atoms with Gasteiger partial charge in [-0.05, 0) is 59.2 Å². The number of hydrogen-bond donors (Lipinski definition) is 0. The van der Waals surface area contributed by atoms with E-state index in [0.29, 0.717) is 0 Å². The number of fused-ring (bicyclic) bond motifs is 8. The van der Waals surface area contributed by atoms with Crippen molar-refractivity contribution in [2.75, 3.05) is 0 Å². The summed E-state index contributed by atoms with van der Waals surface area (Å²) in [5.41, 5.74) is 12.8.